The quantitative estimate of drug-likeness (QED) is 0.532. The third kappa shape index (κ3) is 5.96. The van der Waals surface area contributed by atoms with Gasteiger partial charge in [0.05, 0.1) is 25.3 Å². The van der Waals surface area contributed by atoms with Crippen molar-refractivity contribution in [2.45, 2.75) is 50.2 Å². The summed E-state index contributed by atoms with van der Waals surface area (Å²) in [5, 5.41) is 7.66. The number of alkyl halides is 5. The largest absolute Gasteiger partial charge is 0.490 e. The number of nitrogens with zero attached hydrogens (tertiary/aromatic N) is 3. The summed E-state index contributed by atoms with van der Waals surface area (Å²) in [5.74, 6) is -3.24. The molecule has 13 heteroatoms. The minimum atomic E-state index is -5.08. The highest BCUT2D eigenvalue weighted by molar-refractivity contribution is 6.03. The molecule has 0 aromatic carbocycles. The first-order valence-electron chi connectivity index (χ1n) is 10.00. The van der Waals surface area contributed by atoms with Gasteiger partial charge in [-0.1, -0.05) is 0 Å². The van der Waals surface area contributed by atoms with Gasteiger partial charge in [-0.25, -0.2) is 23.4 Å². The predicted molar refractivity (Wildman–Crippen MR) is 104 cm³/mol. The van der Waals surface area contributed by atoms with Crippen LogP contribution in [-0.2, 0) is 20.8 Å². The van der Waals surface area contributed by atoms with E-state index >= 15 is 0 Å². The van der Waals surface area contributed by atoms with Crippen LogP contribution < -0.4 is 0 Å². The second kappa shape index (κ2) is 10.00. The molecule has 4 heterocycles. The normalized spacial score (nSPS) is 23.2. The van der Waals surface area contributed by atoms with Crippen molar-refractivity contribution in [2.24, 2.45) is 0 Å². The Kier molecular flexibility index (Phi) is 7.52. The standard InChI is InChI=1S/C18H21F2N3O3.C2HF3O2/c1-22-11-5-13(6-12(22)10-25-9-11)26-18(24)15-7-23(8-16(19)20)17-14(15)3-2-4-21-17;3-2(4,5)1(6)7/h2-4,7,11-13,16H,5-6,8-10H2,1H3;(H,6,7). The van der Waals surface area contributed by atoms with Crippen LogP contribution in [0.3, 0.4) is 0 Å². The van der Waals surface area contributed by atoms with Gasteiger partial charge >= 0.3 is 18.1 Å². The summed E-state index contributed by atoms with van der Waals surface area (Å²) in [6.45, 7) is 0.772. The van der Waals surface area contributed by atoms with E-state index in [1.165, 1.54) is 17.0 Å². The van der Waals surface area contributed by atoms with Gasteiger partial charge in [0, 0.05) is 42.7 Å². The van der Waals surface area contributed by atoms with E-state index in [-0.39, 0.29) is 23.8 Å². The van der Waals surface area contributed by atoms with Crippen LogP contribution in [0.1, 0.15) is 23.2 Å². The molecule has 2 aliphatic rings. The van der Waals surface area contributed by atoms with Crippen LogP contribution in [-0.4, -0.2) is 82.5 Å². The van der Waals surface area contributed by atoms with Crippen molar-refractivity contribution in [3.05, 3.63) is 30.1 Å². The van der Waals surface area contributed by atoms with Gasteiger partial charge in [0.15, 0.2) is 0 Å². The number of carbonyl (C=O) groups is 2. The smallest absolute Gasteiger partial charge is 0.475 e. The summed E-state index contributed by atoms with van der Waals surface area (Å²) in [5.41, 5.74) is 0.655. The number of carboxylic acids is 1. The van der Waals surface area contributed by atoms with Crippen LogP contribution in [0.2, 0.25) is 0 Å². The summed E-state index contributed by atoms with van der Waals surface area (Å²) in [7, 11) is 2.07. The molecule has 2 atom stereocenters. The second-order valence-corrected chi connectivity index (χ2v) is 7.77. The lowest BCUT2D eigenvalue weighted by Crippen LogP contribution is -2.56. The van der Waals surface area contributed by atoms with E-state index in [2.05, 4.69) is 16.9 Å². The van der Waals surface area contributed by atoms with Crippen LogP contribution in [0.25, 0.3) is 11.0 Å². The number of ether oxygens (including phenoxy) is 2. The molecule has 2 aromatic heterocycles. The van der Waals surface area contributed by atoms with E-state index in [1.807, 2.05) is 0 Å². The average Bonchev–Trinajstić information content (AvgIpc) is 3.07. The summed E-state index contributed by atoms with van der Waals surface area (Å²) in [4.78, 5) is 28.1. The van der Waals surface area contributed by atoms with Crippen molar-refractivity contribution in [2.75, 3.05) is 20.3 Å². The predicted octanol–water partition coefficient (Wildman–Crippen LogP) is 2.95. The number of hydrogen-bond donors (Lipinski definition) is 1. The van der Waals surface area contributed by atoms with Gasteiger partial charge in [0.25, 0.3) is 6.43 Å². The molecule has 182 valence electrons. The van der Waals surface area contributed by atoms with Gasteiger partial charge in [0.1, 0.15) is 11.8 Å². The highest BCUT2D eigenvalue weighted by Crippen LogP contribution is 2.29. The fraction of sp³-hybridized carbons (Fsp3) is 0.550. The molecule has 2 bridgehead atoms. The number of carboxylic acid groups (broad SMARTS) is 1. The number of piperidine rings is 1. The number of carbonyl (C=O) groups excluding carboxylic acids is 1. The Hall–Kier alpha value is -2.80. The minimum Gasteiger partial charge on any atom is -0.475 e. The Morgan fingerprint density at radius 2 is 1.88 bits per heavy atom. The molecule has 0 radical (unpaired) electrons. The van der Waals surface area contributed by atoms with E-state index < -0.39 is 31.1 Å². The van der Waals surface area contributed by atoms with Gasteiger partial charge in [-0.05, 0) is 19.2 Å². The maximum atomic E-state index is 12.8. The van der Waals surface area contributed by atoms with Crippen molar-refractivity contribution < 1.29 is 46.1 Å². The molecule has 4 rings (SSSR count). The van der Waals surface area contributed by atoms with Crippen LogP contribution in [0.4, 0.5) is 22.0 Å². The van der Waals surface area contributed by atoms with E-state index in [0.29, 0.717) is 37.1 Å². The fourth-order valence-corrected chi connectivity index (χ4v) is 3.93. The number of aromatic nitrogens is 2. The molecule has 33 heavy (non-hydrogen) atoms. The molecular formula is C20H22F5N3O5. The van der Waals surface area contributed by atoms with E-state index in [1.54, 1.807) is 12.1 Å². The number of rotatable bonds is 4. The SMILES string of the molecule is CN1C2COCC1CC(OC(=O)c1cn(CC(F)F)c3ncccc13)C2.O=C(O)C(F)(F)F. The Morgan fingerprint density at radius 3 is 2.42 bits per heavy atom. The number of aliphatic carboxylic acids is 1. The Balaban J connectivity index is 0.000000383. The number of morpholine rings is 1. The van der Waals surface area contributed by atoms with Gasteiger partial charge in [0.2, 0.25) is 0 Å². The lowest BCUT2D eigenvalue weighted by atomic mass is 9.92. The van der Waals surface area contributed by atoms with Gasteiger partial charge in [-0.2, -0.15) is 13.2 Å². The zero-order valence-corrected chi connectivity index (χ0v) is 17.5. The van der Waals surface area contributed by atoms with Crippen molar-refractivity contribution in [1.29, 1.82) is 0 Å². The molecule has 2 saturated heterocycles. The molecule has 1 N–H and O–H groups in total. The van der Waals surface area contributed by atoms with E-state index in [0.717, 1.165) is 0 Å². The zero-order valence-electron chi connectivity index (χ0n) is 17.5. The first kappa shape index (κ1) is 24.8. The number of pyridine rings is 1. The highest BCUT2D eigenvalue weighted by Gasteiger charge is 2.39. The molecular weight excluding hydrogens is 457 g/mol. The number of hydrogen-bond acceptors (Lipinski definition) is 6. The molecule has 8 nitrogen and oxygen atoms in total. The van der Waals surface area contributed by atoms with Crippen molar-refractivity contribution >= 4 is 23.0 Å². The van der Waals surface area contributed by atoms with Crippen molar-refractivity contribution in [1.82, 2.24) is 14.5 Å². The molecule has 0 spiro atoms. The van der Waals surface area contributed by atoms with E-state index in [9.17, 15) is 26.7 Å². The number of likely N-dealkylation sites (N-methyl/N-ethyl adjacent to an activating group) is 1. The molecule has 2 fully saturated rings. The molecule has 0 saturated carbocycles. The lowest BCUT2D eigenvalue weighted by molar-refractivity contribution is -0.192. The highest BCUT2D eigenvalue weighted by atomic mass is 19.4. The number of esters is 1. The maximum absolute atomic E-state index is 12.8. The summed E-state index contributed by atoms with van der Waals surface area (Å²) in [6.07, 6.45) is -3.42. The van der Waals surface area contributed by atoms with Crippen LogP contribution in [0, 0.1) is 0 Å². The number of halogens is 5. The zero-order chi connectivity index (χ0) is 24.3. The first-order valence-corrected chi connectivity index (χ1v) is 10.00. The summed E-state index contributed by atoms with van der Waals surface area (Å²) in [6, 6.07) is 3.87. The average molecular weight is 479 g/mol. The third-order valence-corrected chi connectivity index (χ3v) is 5.55. The second-order valence-electron chi connectivity index (χ2n) is 7.77. The molecule has 2 unspecified atom stereocenters. The van der Waals surface area contributed by atoms with Crippen molar-refractivity contribution in [3.8, 4) is 0 Å². The van der Waals surface area contributed by atoms with Crippen LogP contribution in [0.5, 0.6) is 0 Å². The van der Waals surface area contributed by atoms with Gasteiger partial charge < -0.3 is 19.1 Å². The number of fused-ring (bicyclic) bond motifs is 3. The summed E-state index contributed by atoms with van der Waals surface area (Å²) < 4.78 is 70.0. The lowest BCUT2D eigenvalue weighted by Gasteiger charge is -2.46. The molecule has 0 amide bonds. The van der Waals surface area contributed by atoms with Gasteiger partial charge in [-0.15, -0.1) is 0 Å². The Labute approximate surface area is 184 Å². The monoisotopic (exact) mass is 479 g/mol. The molecule has 2 aliphatic heterocycles. The Bertz CT molecular complexity index is 982. The van der Waals surface area contributed by atoms with Crippen molar-refractivity contribution in [3.63, 3.8) is 0 Å². The molecule has 2 aromatic rings. The first-order chi connectivity index (χ1) is 15.5. The van der Waals surface area contributed by atoms with Crippen LogP contribution >= 0.6 is 0 Å². The summed E-state index contributed by atoms with van der Waals surface area (Å²) >= 11 is 0. The fourth-order valence-electron chi connectivity index (χ4n) is 3.93. The topological polar surface area (TPSA) is 93.9 Å². The third-order valence-electron chi connectivity index (χ3n) is 5.55. The molecule has 0 aliphatic carbocycles. The minimum absolute atomic E-state index is 0.192. The maximum Gasteiger partial charge on any atom is 0.490 e. The van der Waals surface area contributed by atoms with Crippen LogP contribution in [0.15, 0.2) is 24.5 Å². The van der Waals surface area contributed by atoms with Gasteiger partial charge in [-0.3, -0.25) is 4.90 Å². The Morgan fingerprint density at radius 1 is 1.27 bits per heavy atom. The van der Waals surface area contributed by atoms with E-state index in [4.69, 9.17) is 19.4 Å².